The zero-order valence-corrected chi connectivity index (χ0v) is 8.51. The Balaban J connectivity index is 2.25. The van der Waals surface area contributed by atoms with Gasteiger partial charge in [-0.25, -0.2) is 9.66 Å². The maximum Gasteiger partial charge on any atom is 0.163 e. The van der Waals surface area contributed by atoms with Gasteiger partial charge in [0.15, 0.2) is 17.3 Å². The van der Waals surface area contributed by atoms with E-state index in [0.717, 1.165) is 0 Å². The number of nitrogens with zero attached hydrogens (tertiary/aromatic N) is 2. The van der Waals surface area contributed by atoms with Crippen molar-refractivity contribution < 1.29 is 14.6 Å². The van der Waals surface area contributed by atoms with E-state index in [4.69, 9.17) is 20.4 Å². The van der Waals surface area contributed by atoms with E-state index >= 15 is 0 Å². The van der Waals surface area contributed by atoms with E-state index < -0.39 is 0 Å². The first-order valence-electron chi connectivity index (χ1n) is 4.96. The molecule has 6 heteroatoms. The minimum absolute atomic E-state index is 0.197. The summed E-state index contributed by atoms with van der Waals surface area (Å²) >= 11 is 0. The number of hydrogen-bond acceptors (Lipinski definition) is 5. The minimum Gasteiger partial charge on any atom is -0.486 e. The molecule has 3 N–H and O–H groups in total. The van der Waals surface area contributed by atoms with Gasteiger partial charge < -0.3 is 20.4 Å². The lowest BCUT2D eigenvalue weighted by Crippen LogP contribution is -2.16. The third-order valence-electron chi connectivity index (χ3n) is 2.57. The summed E-state index contributed by atoms with van der Waals surface area (Å²) in [5.74, 6) is 7.52. The van der Waals surface area contributed by atoms with Gasteiger partial charge in [-0.05, 0) is 0 Å². The van der Waals surface area contributed by atoms with Gasteiger partial charge in [0, 0.05) is 12.1 Å². The van der Waals surface area contributed by atoms with Gasteiger partial charge in [-0.1, -0.05) is 0 Å². The molecule has 0 aliphatic carbocycles. The number of aliphatic hydroxyl groups is 1. The largest absolute Gasteiger partial charge is 0.486 e. The lowest BCUT2D eigenvalue weighted by molar-refractivity contribution is 0.172. The first-order chi connectivity index (χ1) is 7.79. The Hall–Kier alpha value is -1.95. The van der Waals surface area contributed by atoms with E-state index in [0.29, 0.717) is 41.6 Å². The van der Waals surface area contributed by atoms with Gasteiger partial charge >= 0.3 is 0 Å². The van der Waals surface area contributed by atoms with Crippen molar-refractivity contribution in [2.75, 3.05) is 19.1 Å². The maximum absolute atomic E-state index is 9.06. The molecule has 1 aromatic carbocycles. The Bertz CT molecular complexity index is 550. The van der Waals surface area contributed by atoms with Crippen molar-refractivity contribution in [3.05, 3.63) is 18.0 Å². The number of rotatable bonds is 1. The van der Waals surface area contributed by atoms with Crippen LogP contribution >= 0.6 is 0 Å². The molecule has 84 valence electrons. The number of aliphatic hydroxyl groups excluding tert-OH is 1. The highest BCUT2D eigenvalue weighted by atomic mass is 16.6. The predicted molar refractivity (Wildman–Crippen MR) is 56.8 cm³/mol. The van der Waals surface area contributed by atoms with E-state index in [9.17, 15) is 0 Å². The number of hydrogen-bond donors (Lipinski definition) is 2. The van der Waals surface area contributed by atoms with Crippen LogP contribution in [0.15, 0.2) is 12.1 Å². The van der Waals surface area contributed by atoms with Gasteiger partial charge in [0.1, 0.15) is 19.8 Å². The van der Waals surface area contributed by atoms with E-state index in [1.165, 1.54) is 4.68 Å². The van der Waals surface area contributed by atoms with Crippen LogP contribution in [0.5, 0.6) is 11.5 Å². The number of nitrogen functional groups attached to an aromatic ring is 1. The maximum atomic E-state index is 9.06. The number of imidazole rings is 1. The standard InChI is InChI=1S/C10H11N3O3/c11-13-7-4-9-8(15-1-2-16-9)3-6(7)12-10(13)5-14/h3-4,14H,1-2,5,11H2. The number of benzene rings is 1. The Morgan fingerprint density at radius 1 is 1.31 bits per heavy atom. The molecule has 2 aromatic rings. The normalized spacial score (nSPS) is 14.3. The summed E-state index contributed by atoms with van der Waals surface area (Å²) in [5.41, 5.74) is 1.41. The molecule has 0 saturated heterocycles. The lowest BCUT2D eigenvalue weighted by Gasteiger charge is -2.17. The molecule has 3 rings (SSSR count). The van der Waals surface area contributed by atoms with E-state index in [1.807, 2.05) is 0 Å². The van der Waals surface area contributed by atoms with E-state index in [2.05, 4.69) is 4.98 Å². The second kappa shape index (κ2) is 3.28. The Morgan fingerprint density at radius 3 is 2.69 bits per heavy atom. The summed E-state index contributed by atoms with van der Waals surface area (Å²) in [6.45, 7) is 0.871. The highest BCUT2D eigenvalue weighted by molar-refractivity contribution is 5.80. The van der Waals surface area contributed by atoms with Crippen LogP contribution in [-0.4, -0.2) is 28.0 Å². The summed E-state index contributed by atoms with van der Waals surface area (Å²) < 4.78 is 12.2. The first-order valence-corrected chi connectivity index (χ1v) is 4.96. The van der Waals surface area contributed by atoms with Crippen LogP contribution in [-0.2, 0) is 6.61 Å². The van der Waals surface area contributed by atoms with Crippen molar-refractivity contribution in [3.63, 3.8) is 0 Å². The molecule has 2 heterocycles. The van der Waals surface area contributed by atoms with Crippen LogP contribution in [0.3, 0.4) is 0 Å². The molecule has 0 radical (unpaired) electrons. The Morgan fingerprint density at radius 2 is 2.00 bits per heavy atom. The topological polar surface area (TPSA) is 82.5 Å². The van der Waals surface area contributed by atoms with Crippen LogP contribution in [0.2, 0.25) is 0 Å². The summed E-state index contributed by atoms with van der Waals surface area (Å²) in [5, 5.41) is 9.06. The summed E-state index contributed by atoms with van der Waals surface area (Å²) in [6.07, 6.45) is 0. The third-order valence-corrected chi connectivity index (χ3v) is 2.57. The molecular formula is C10H11N3O3. The third kappa shape index (κ3) is 1.20. The Labute approximate surface area is 91.2 Å². The second-order valence-corrected chi connectivity index (χ2v) is 3.54. The highest BCUT2D eigenvalue weighted by Gasteiger charge is 2.16. The SMILES string of the molecule is Nn1c(CO)nc2cc3c(cc21)OCCO3. The lowest BCUT2D eigenvalue weighted by atomic mass is 10.2. The molecule has 1 aromatic heterocycles. The molecule has 0 atom stereocenters. The fourth-order valence-corrected chi connectivity index (χ4v) is 1.79. The fourth-order valence-electron chi connectivity index (χ4n) is 1.79. The molecule has 0 amide bonds. The smallest absolute Gasteiger partial charge is 0.163 e. The predicted octanol–water partition coefficient (Wildman–Crippen LogP) is 0.0136. The fraction of sp³-hybridized carbons (Fsp3) is 0.300. The molecule has 6 nitrogen and oxygen atoms in total. The summed E-state index contributed by atoms with van der Waals surface area (Å²) in [7, 11) is 0. The zero-order chi connectivity index (χ0) is 11.1. The minimum atomic E-state index is -0.197. The molecule has 0 spiro atoms. The van der Waals surface area contributed by atoms with Crippen molar-refractivity contribution >= 4 is 11.0 Å². The second-order valence-electron chi connectivity index (χ2n) is 3.54. The molecule has 1 aliphatic heterocycles. The average molecular weight is 221 g/mol. The first kappa shape index (κ1) is 9.29. The van der Waals surface area contributed by atoms with Crippen molar-refractivity contribution in [1.82, 2.24) is 9.66 Å². The van der Waals surface area contributed by atoms with Gasteiger partial charge in [-0.3, -0.25) is 0 Å². The van der Waals surface area contributed by atoms with Gasteiger partial charge in [-0.15, -0.1) is 0 Å². The number of aromatic nitrogens is 2. The highest BCUT2D eigenvalue weighted by Crippen LogP contribution is 2.34. The summed E-state index contributed by atoms with van der Waals surface area (Å²) in [6, 6.07) is 3.54. The van der Waals surface area contributed by atoms with Gasteiger partial charge in [0.05, 0.1) is 11.0 Å². The molecule has 0 unspecified atom stereocenters. The van der Waals surface area contributed by atoms with Crippen LogP contribution in [0.4, 0.5) is 0 Å². The van der Waals surface area contributed by atoms with Crippen LogP contribution in [0.25, 0.3) is 11.0 Å². The van der Waals surface area contributed by atoms with E-state index in [-0.39, 0.29) is 6.61 Å². The van der Waals surface area contributed by atoms with Crippen molar-refractivity contribution in [2.24, 2.45) is 0 Å². The molecular weight excluding hydrogens is 210 g/mol. The summed E-state index contributed by atoms with van der Waals surface area (Å²) in [4.78, 5) is 4.19. The number of ether oxygens (including phenoxy) is 2. The Kier molecular flexibility index (Phi) is 1.90. The van der Waals surface area contributed by atoms with Crippen molar-refractivity contribution in [2.45, 2.75) is 6.61 Å². The quantitative estimate of drug-likeness (QED) is 0.663. The van der Waals surface area contributed by atoms with Gasteiger partial charge in [0.2, 0.25) is 0 Å². The molecule has 16 heavy (non-hydrogen) atoms. The number of nitrogens with two attached hydrogens (primary N) is 1. The monoisotopic (exact) mass is 221 g/mol. The van der Waals surface area contributed by atoms with Crippen LogP contribution in [0, 0.1) is 0 Å². The van der Waals surface area contributed by atoms with E-state index in [1.54, 1.807) is 12.1 Å². The van der Waals surface area contributed by atoms with Gasteiger partial charge in [0.25, 0.3) is 0 Å². The molecule has 0 fully saturated rings. The van der Waals surface area contributed by atoms with Crippen LogP contribution in [0.1, 0.15) is 5.82 Å². The molecule has 0 bridgehead atoms. The zero-order valence-electron chi connectivity index (χ0n) is 8.51. The average Bonchev–Trinajstić information content (AvgIpc) is 2.63. The molecule has 0 saturated carbocycles. The molecule has 1 aliphatic rings. The van der Waals surface area contributed by atoms with Crippen LogP contribution < -0.4 is 15.3 Å². The van der Waals surface area contributed by atoms with Crippen molar-refractivity contribution in [1.29, 1.82) is 0 Å². The number of fused-ring (bicyclic) bond motifs is 2. The van der Waals surface area contributed by atoms with Crippen molar-refractivity contribution in [3.8, 4) is 11.5 Å². The van der Waals surface area contributed by atoms with Gasteiger partial charge in [-0.2, -0.15) is 0 Å².